The largest absolute Gasteiger partial charge is 0.384 e. The molecule has 1 aliphatic carbocycles. The summed E-state index contributed by atoms with van der Waals surface area (Å²) >= 11 is 1.30. The Kier molecular flexibility index (Phi) is 8.05. The number of carbonyl (C=O) groups excluding carboxylic acids is 3. The Morgan fingerprint density at radius 1 is 1.12 bits per heavy atom. The molecule has 1 fully saturated rings. The predicted molar refractivity (Wildman–Crippen MR) is 155 cm³/mol. The summed E-state index contributed by atoms with van der Waals surface area (Å²) in [6.45, 7) is 0.423. The van der Waals surface area contributed by atoms with Gasteiger partial charge in [0.05, 0.1) is 25.7 Å². The Hall–Kier alpha value is -4.23. The van der Waals surface area contributed by atoms with Crippen LogP contribution in [0, 0.1) is 5.41 Å². The number of alkyl halides is 3. The van der Waals surface area contributed by atoms with Crippen LogP contribution in [-0.4, -0.2) is 67.0 Å². The van der Waals surface area contributed by atoms with Crippen LogP contribution in [0.4, 0.5) is 13.2 Å². The highest BCUT2D eigenvalue weighted by molar-refractivity contribution is 7.10. The standard InChI is InChI=1S/C30H30F3N5O4S/c1-16(24-10-18(13-43-24)26(34)35)37-28(41)23-11-29(31,15-42-2)14-38(23)25(39)12-36-27(40)17-7-8-22-20(9-17)19-5-3-4-6-21(19)30(22,32)33/h3-10,13,16,23H,11-12,14-15H2,1-2H3,(H3,34,35)(H,36,40)(H,37,41)/t16-,23+,29-/m1/s1. The molecular formula is C30H30F3N5O4S. The fraction of sp³-hybridized carbons (Fsp3) is 0.333. The van der Waals surface area contributed by atoms with E-state index in [0.29, 0.717) is 11.1 Å². The lowest BCUT2D eigenvalue weighted by Gasteiger charge is -2.25. The van der Waals surface area contributed by atoms with Crippen molar-refractivity contribution in [1.82, 2.24) is 15.5 Å². The topological polar surface area (TPSA) is 138 Å². The number of nitrogens with two attached hydrogens (primary N) is 1. The number of benzene rings is 2. The molecule has 43 heavy (non-hydrogen) atoms. The lowest BCUT2D eigenvalue weighted by atomic mass is 10.0. The zero-order valence-electron chi connectivity index (χ0n) is 23.4. The summed E-state index contributed by atoms with van der Waals surface area (Å²) in [6, 6.07) is 9.88. The molecule has 3 atom stereocenters. The Morgan fingerprint density at radius 3 is 2.53 bits per heavy atom. The van der Waals surface area contributed by atoms with E-state index in [1.54, 1.807) is 30.5 Å². The quantitative estimate of drug-likeness (QED) is 0.215. The number of nitrogens with zero attached hydrogens (tertiary/aromatic N) is 1. The number of hydrogen-bond donors (Lipinski definition) is 4. The summed E-state index contributed by atoms with van der Waals surface area (Å²) in [5, 5.41) is 14.5. The molecule has 2 heterocycles. The van der Waals surface area contributed by atoms with Crippen molar-refractivity contribution in [3.05, 3.63) is 81.0 Å². The van der Waals surface area contributed by atoms with Gasteiger partial charge in [0.1, 0.15) is 11.9 Å². The van der Waals surface area contributed by atoms with Crippen LogP contribution >= 0.6 is 11.3 Å². The van der Waals surface area contributed by atoms with Gasteiger partial charge in [-0.05, 0) is 36.2 Å². The number of methoxy groups -OCH3 is 1. The molecule has 226 valence electrons. The third-order valence-corrected chi connectivity index (χ3v) is 8.82. The molecular weight excluding hydrogens is 583 g/mol. The lowest BCUT2D eigenvalue weighted by Crippen LogP contribution is -2.49. The number of fused-ring (bicyclic) bond motifs is 3. The van der Waals surface area contributed by atoms with Crippen LogP contribution in [0.5, 0.6) is 0 Å². The van der Waals surface area contributed by atoms with E-state index in [9.17, 15) is 23.2 Å². The number of nitrogens with one attached hydrogen (secondary N) is 3. The number of amidine groups is 1. The van der Waals surface area contributed by atoms with Gasteiger partial charge in [-0.25, -0.2) is 4.39 Å². The Morgan fingerprint density at radius 2 is 1.84 bits per heavy atom. The SMILES string of the molecule is COC[C@@]1(F)C[C@@H](C(=O)N[C@H](C)c2cc(C(=N)N)cs2)N(C(=O)CNC(=O)c2ccc3c(c2)-c2ccccc2C3(F)F)C1. The van der Waals surface area contributed by atoms with Gasteiger partial charge >= 0.3 is 0 Å². The fourth-order valence-electron chi connectivity index (χ4n) is 5.58. The van der Waals surface area contributed by atoms with Gasteiger partial charge in [0.2, 0.25) is 11.8 Å². The van der Waals surface area contributed by atoms with E-state index < -0.39 is 54.5 Å². The van der Waals surface area contributed by atoms with E-state index in [1.165, 1.54) is 48.8 Å². The van der Waals surface area contributed by atoms with Crippen LogP contribution in [0.1, 0.15) is 51.3 Å². The second-order valence-corrected chi connectivity index (χ2v) is 11.7. The van der Waals surface area contributed by atoms with Crippen molar-refractivity contribution >= 4 is 34.9 Å². The number of ether oxygens (including phenoxy) is 1. The lowest BCUT2D eigenvalue weighted by molar-refractivity contribution is -0.138. The van der Waals surface area contributed by atoms with Gasteiger partial charge < -0.3 is 26.0 Å². The van der Waals surface area contributed by atoms with Crippen LogP contribution in [0.2, 0.25) is 0 Å². The number of nitrogen functional groups attached to an aromatic ring is 1. The predicted octanol–water partition coefficient (Wildman–Crippen LogP) is 3.72. The molecule has 0 saturated carbocycles. The summed E-state index contributed by atoms with van der Waals surface area (Å²) in [6.07, 6.45) is -0.305. The minimum atomic E-state index is -3.19. The number of hydrogen-bond acceptors (Lipinski definition) is 6. The van der Waals surface area contributed by atoms with Crippen molar-refractivity contribution in [1.29, 1.82) is 5.41 Å². The van der Waals surface area contributed by atoms with E-state index in [2.05, 4.69) is 10.6 Å². The Balaban J connectivity index is 1.28. The molecule has 2 aromatic carbocycles. The van der Waals surface area contributed by atoms with E-state index >= 15 is 4.39 Å². The molecule has 0 spiro atoms. The molecule has 1 aliphatic heterocycles. The van der Waals surface area contributed by atoms with Gasteiger partial charge in [0.15, 0.2) is 5.67 Å². The minimum absolute atomic E-state index is 0.0729. The van der Waals surface area contributed by atoms with Crippen molar-refractivity contribution in [3.63, 3.8) is 0 Å². The summed E-state index contributed by atoms with van der Waals surface area (Å²) in [5.74, 6) is -5.26. The van der Waals surface area contributed by atoms with E-state index in [-0.39, 0.29) is 41.1 Å². The first-order valence-electron chi connectivity index (χ1n) is 13.5. The van der Waals surface area contributed by atoms with Crippen LogP contribution in [0.15, 0.2) is 53.9 Å². The molecule has 5 rings (SSSR count). The Bertz CT molecular complexity index is 1610. The maximum absolute atomic E-state index is 15.6. The monoisotopic (exact) mass is 613 g/mol. The maximum Gasteiger partial charge on any atom is 0.299 e. The number of rotatable bonds is 9. The molecule has 0 radical (unpaired) electrons. The van der Waals surface area contributed by atoms with E-state index in [1.807, 2.05) is 0 Å². The van der Waals surface area contributed by atoms with Crippen molar-refractivity contribution in [2.75, 3.05) is 26.8 Å². The van der Waals surface area contributed by atoms with Gasteiger partial charge in [-0.3, -0.25) is 19.8 Å². The van der Waals surface area contributed by atoms with Crippen molar-refractivity contribution in [2.45, 2.75) is 37.0 Å². The first-order valence-corrected chi connectivity index (χ1v) is 14.3. The van der Waals surface area contributed by atoms with E-state index in [0.717, 1.165) is 9.78 Å². The van der Waals surface area contributed by atoms with Gasteiger partial charge in [-0.2, -0.15) is 8.78 Å². The summed E-state index contributed by atoms with van der Waals surface area (Å²) in [4.78, 5) is 41.3. The molecule has 9 nitrogen and oxygen atoms in total. The third-order valence-electron chi connectivity index (χ3n) is 7.71. The zero-order chi connectivity index (χ0) is 31.1. The minimum Gasteiger partial charge on any atom is -0.384 e. The summed E-state index contributed by atoms with van der Waals surface area (Å²) in [5.41, 5.74) is 4.33. The molecule has 5 N–H and O–H groups in total. The Labute approximate surface area is 249 Å². The summed E-state index contributed by atoms with van der Waals surface area (Å²) < 4.78 is 50.3. The average molecular weight is 614 g/mol. The van der Waals surface area contributed by atoms with Crippen molar-refractivity contribution < 1.29 is 32.3 Å². The normalized spacial score (nSPS) is 20.7. The van der Waals surface area contributed by atoms with Gasteiger partial charge in [0, 0.05) is 46.0 Å². The van der Waals surface area contributed by atoms with Gasteiger partial charge in [-0.1, -0.05) is 30.3 Å². The van der Waals surface area contributed by atoms with E-state index in [4.69, 9.17) is 15.9 Å². The zero-order valence-corrected chi connectivity index (χ0v) is 24.2. The summed E-state index contributed by atoms with van der Waals surface area (Å²) in [7, 11) is 1.32. The number of thiophene rings is 1. The van der Waals surface area contributed by atoms with Gasteiger partial charge in [-0.15, -0.1) is 11.3 Å². The highest BCUT2D eigenvalue weighted by Gasteiger charge is 2.50. The second-order valence-electron chi connectivity index (χ2n) is 10.8. The molecule has 3 aromatic rings. The van der Waals surface area contributed by atoms with Gasteiger partial charge in [0.25, 0.3) is 11.8 Å². The smallest absolute Gasteiger partial charge is 0.299 e. The fourth-order valence-corrected chi connectivity index (χ4v) is 6.49. The maximum atomic E-state index is 15.6. The first-order chi connectivity index (χ1) is 20.3. The third kappa shape index (κ3) is 5.74. The molecule has 1 saturated heterocycles. The molecule has 3 amide bonds. The van der Waals surface area contributed by atoms with Crippen LogP contribution in [0.25, 0.3) is 11.1 Å². The first kappa shape index (κ1) is 30.2. The van der Waals surface area contributed by atoms with Crippen LogP contribution in [0.3, 0.4) is 0 Å². The molecule has 13 heteroatoms. The number of likely N-dealkylation sites (tertiary alicyclic amines) is 1. The van der Waals surface area contributed by atoms with Crippen molar-refractivity contribution in [3.8, 4) is 11.1 Å². The molecule has 0 bridgehead atoms. The second kappa shape index (κ2) is 11.5. The van der Waals surface area contributed by atoms with Crippen molar-refractivity contribution in [2.24, 2.45) is 5.73 Å². The number of amides is 3. The number of halogens is 3. The number of carbonyl (C=O) groups is 3. The van der Waals surface area contributed by atoms with Crippen LogP contribution in [-0.2, 0) is 20.2 Å². The molecule has 0 unspecified atom stereocenters. The average Bonchev–Trinajstić information content (AvgIpc) is 3.66. The molecule has 1 aromatic heterocycles. The van der Waals surface area contributed by atoms with Crippen LogP contribution < -0.4 is 16.4 Å². The highest BCUT2D eigenvalue weighted by Crippen LogP contribution is 2.50. The highest BCUT2D eigenvalue weighted by atomic mass is 32.1. The molecule has 2 aliphatic rings.